The minimum absolute atomic E-state index is 0.362. The number of likely N-dealkylation sites (tertiary alicyclic amines) is 1. The Morgan fingerprint density at radius 1 is 1.47 bits per heavy atom. The van der Waals surface area contributed by atoms with Gasteiger partial charge in [-0.05, 0) is 31.2 Å². The number of carbonyl (C=O) groups is 1. The molecule has 15 heavy (non-hydrogen) atoms. The maximum atomic E-state index is 12.0. The first-order chi connectivity index (χ1) is 7.18. The fourth-order valence-corrected chi connectivity index (χ4v) is 2.84. The van der Waals surface area contributed by atoms with Crippen LogP contribution in [0.2, 0.25) is 0 Å². The van der Waals surface area contributed by atoms with E-state index in [4.69, 9.17) is 0 Å². The molecule has 0 aliphatic carbocycles. The predicted octanol–water partition coefficient (Wildman–Crippen LogP) is 1.24. The molecule has 0 aromatic rings. The summed E-state index contributed by atoms with van der Waals surface area (Å²) in [6.07, 6.45) is 3.18. The van der Waals surface area contributed by atoms with E-state index < -0.39 is 0 Å². The second kappa shape index (κ2) is 4.52. The molecule has 86 valence electrons. The van der Waals surface area contributed by atoms with Crippen LogP contribution in [0.5, 0.6) is 0 Å². The number of rotatable bonds is 2. The van der Waals surface area contributed by atoms with Crippen LogP contribution < -0.4 is 5.32 Å². The van der Waals surface area contributed by atoms with E-state index in [1.165, 1.54) is 12.8 Å². The van der Waals surface area contributed by atoms with Crippen LogP contribution >= 0.6 is 0 Å². The van der Waals surface area contributed by atoms with Gasteiger partial charge in [0.05, 0.1) is 0 Å². The fourth-order valence-electron chi connectivity index (χ4n) is 2.84. The Labute approximate surface area is 92.2 Å². The first-order valence-electron chi connectivity index (χ1n) is 6.18. The highest BCUT2D eigenvalue weighted by molar-refractivity contribution is 5.77. The predicted molar refractivity (Wildman–Crippen MR) is 60.5 cm³/mol. The van der Waals surface area contributed by atoms with Gasteiger partial charge in [-0.1, -0.05) is 13.8 Å². The van der Waals surface area contributed by atoms with Gasteiger partial charge < -0.3 is 10.2 Å². The summed E-state index contributed by atoms with van der Waals surface area (Å²) in [6.45, 7) is 7.36. The average Bonchev–Trinajstić information content (AvgIpc) is 2.59. The Kier molecular flexibility index (Phi) is 3.29. The number of carbonyl (C=O) groups excluding carboxylic acids is 1. The van der Waals surface area contributed by atoms with E-state index in [0.29, 0.717) is 24.3 Å². The van der Waals surface area contributed by atoms with Crippen LogP contribution in [0.25, 0.3) is 0 Å². The lowest BCUT2D eigenvalue weighted by Gasteiger charge is -2.32. The molecule has 2 atom stereocenters. The molecular weight excluding hydrogens is 188 g/mol. The van der Waals surface area contributed by atoms with E-state index in [-0.39, 0.29) is 0 Å². The molecule has 2 heterocycles. The van der Waals surface area contributed by atoms with Crippen molar-refractivity contribution in [1.29, 1.82) is 0 Å². The monoisotopic (exact) mass is 210 g/mol. The molecule has 0 unspecified atom stereocenters. The zero-order chi connectivity index (χ0) is 10.8. The molecule has 0 spiro atoms. The van der Waals surface area contributed by atoms with E-state index >= 15 is 0 Å². The Bertz CT molecular complexity index is 240. The lowest BCUT2D eigenvalue weighted by Crippen LogP contribution is -2.48. The first-order valence-corrected chi connectivity index (χ1v) is 6.18. The van der Waals surface area contributed by atoms with Gasteiger partial charge in [0.25, 0.3) is 0 Å². The molecular formula is C12H22N2O. The normalized spacial score (nSPS) is 30.7. The second-order valence-electron chi connectivity index (χ2n) is 5.29. The minimum atomic E-state index is 0.362. The summed E-state index contributed by atoms with van der Waals surface area (Å²) >= 11 is 0. The van der Waals surface area contributed by atoms with Crippen LogP contribution in [0.3, 0.4) is 0 Å². The van der Waals surface area contributed by atoms with Crippen molar-refractivity contribution < 1.29 is 4.79 Å². The third-order valence-electron chi connectivity index (χ3n) is 3.63. The molecule has 2 saturated heterocycles. The summed E-state index contributed by atoms with van der Waals surface area (Å²) in [7, 11) is 0. The van der Waals surface area contributed by atoms with Crippen LogP contribution in [-0.2, 0) is 4.79 Å². The Balaban J connectivity index is 1.95. The zero-order valence-electron chi connectivity index (χ0n) is 9.83. The van der Waals surface area contributed by atoms with Gasteiger partial charge in [0, 0.05) is 25.6 Å². The van der Waals surface area contributed by atoms with Crippen molar-refractivity contribution in [3.05, 3.63) is 0 Å². The van der Waals surface area contributed by atoms with Gasteiger partial charge in [0.1, 0.15) is 0 Å². The van der Waals surface area contributed by atoms with E-state index in [9.17, 15) is 4.79 Å². The van der Waals surface area contributed by atoms with Crippen molar-refractivity contribution in [2.24, 2.45) is 11.8 Å². The Hall–Kier alpha value is -0.570. The van der Waals surface area contributed by atoms with Gasteiger partial charge in [0.15, 0.2) is 0 Å². The van der Waals surface area contributed by atoms with E-state index in [1.807, 2.05) is 0 Å². The van der Waals surface area contributed by atoms with E-state index in [0.717, 1.165) is 25.6 Å². The van der Waals surface area contributed by atoms with Gasteiger partial charge in [0.2, 0.25) is 5.91 Å². The minimum Gasteiger partial charge on any atom is -0.338 e. The van der Waals surface area contributed by atoms with Crippen LogP contribution in [0.15, 0.2) is 0 Å². The van der Waals surface area contributed by atoms with Crippen LogP contribution in [0.1, 0.15) is 33.1 Å². The topological polar surface area (TPSA) is 32.3 Å². The quantitative estimate of drug-likeness (QED) is 0.744. The largest absolute Gasteiger partial charge is 0.338 e. The van der Waals surface area contributed by atoms with Crippen molar-refractivity contribution in [2.45, 2.75) is 39.2 Å². The third kappa shape index (κ3) is 2.33. The Morgan fingerprint density at radius 3 is 3.00 bits per heavy atom. The molecule has 2 rings (SSSR count). The van der Waals surface area contributed by atoms with Crippen LogP contribution in [0, 0.1) is 11.8 Å². The molecule has 0 bridgehead atoms. The van der Waals surface area contributed by atoms with Gasteiger partial charge in [-0.15, -0.1) is 0 Å². The molecule has 2 fully saturated rings. The maximum Gasteiger partial charge on any atom is 0.223 e. The number of nitrogens with one attached hydrogen (secondary N) is 1. The molecule has 0 saturated carbocycles. The summed E-state index contributed by atoms with van der Waals surface area (Å²) in [5, 5.41) is 3.40. The molecule has 2 aliphatic heterocycles. The first kappa shape index (κ1) is 10.9. The molecule has 1 amide bonds. The van der Waals surface area contributed by atoms with Gasteiger partial charge in [-0.2, -0.15) is 0 Å². The number of hydrogen-bond donors (Lipinski definition) is 1. The highest BCUT2D eigenvalue weighted by atomic mass is 16.2. The van der Waals surface area contributed by atoms with Crippen molar-refractivity contribution in [2.75, 3.05) is 19.6 Å². The number of amides is 1. The smallest absolute Gasteiger partial charge is 0.223 e. The van der Waals surface area contributed by atoms with Crippen LogP contribution in [-0.4, -0.2) is 36.5 Å². The highest BCUT2D eigenvalue weighted by Gasteiger charge is 2.37. The molecule has 0 radical (unpaired) electrons. The lowest BCUT2D eigenvalue weighted by atomic mass is 9.93. The van der Waals surface area contributed by atoms with Crippen molar-refractivity contribution >= 4 is 5.91 Å². The molecule has 3 nitrogen and oxygen atoms in total. The maximum absolute atomic E-state index is 12.0. The van der Waals surface area contributed by atoms with Crippen molar-refractivity contribution in [3.8, 4) is 0 Å². The number of nitrogens with zero attached hydrogens (tertiary/aromatic N) is 1. The third-order valence-corrected chi connectivity index (χ3v) is 3.63. The van der Waals surface area contributed by atoms with Gasteiger partial charge >= 0.3 is 0 Å². The number of piperidine rings is 1. The SMILES string of the molecule is CC(C)CC(=O)N1CC[C@@H]2CCNC[C@@H]21. The van der Waals surface area contributed by atoms with Crippen molar-refractivity contribution in [1.82, 2.24) is 10.2 Å². The lowest BCUT2D eigenvalue weighted by molar-refractivity contribution is -0.133. The van der Waals surface area contributed by atoms with Crippen LogP contribution in [0.4, 0.5) is 0 Å². The summed E-state index contributed by atoms with van der Waals surface area (Å²) in [5.74, 6) is 1.61. The fraction of sp³-hybridized carbons (Fsp3) is 0.917. The molecule has 3 heteroatoms. The van der Waals surface area contributed by atoms with Gasteiger partial charge in [-0.25, -0.2) is 0 Å². The summed E-state index contributed by atoms with van der Waals surface area (Å²) in [4.78, 5) is 14.1. The second-order valence-corrected chi connectivity index (χ2v) is 5.29. The molecule has 0 aromatic carbocycles. The molecule has 2 aliphatic rings. The molecule has 1 N–H and O–H groups in total. The van der Waals surface area contributed by atoms with Gasteiger partial charge in [-0.3, -0.25) is 4.79 Å². The molecule has 0 aromatic heterocycles. The average molecular weight is 210 g/mol. The standard InChI is InChI=1S/C12H22N2O/c1-9(2)7-12(15)14-6-4-10-3-5-13-8-11(10)14/h9-11,13H,3-8H2,1-2H3/t10-,11-/m0/s1. The Morgan fingerprint density at radius 2 is 2.27 bits per heavy atom. The van der Waals surface area contributed by atoms with Crippen molar-refractivity contribution in [3.63, 3.8) is 0 Å². The number of hydrogen-bond acceptors (Lipinski definition) is 2. The summed E-state index contributed by atoms with van der Waals surface area (Å²) in [5.41, 5.74) is 0. The zero-order valence-corrected chi connectivity index (χ0v) is 9.83. The summed E-state index contributed by atoms with van der Waals surface area (Å²) in [6, 6.07) is 0.491. The van der Waals surface area contributed by atoms with E-state index in [1.54, 1.807) is 0 Å². The highest BCUT2D eigenvalue weighted by Crippen LogP contribution is 2.29. The van der Waals surface area contributed by atoms with E-state index in [2.05, 4.69) is 24.1 Å². The number of fused-ring (bicyclic) bond motifs is 1. The summed E-state index contributed by atoms with van der Waals surface area (Å²) < 4.78 is 0.